The minimum absolute atomic E-state index is 0.477. The minimum Gasteiger partial charge on any atom is -0.352 e. The SMILES string of the molecule is CCC1CN(c2nnc(Cl)c3ccccc23)CCN1C. The van der Waals surface area contributed by atoms with Crippen molar-refractivity contribution < 1.29 is 0 Å². The average Bonchev–Trinajstić information content (AvgIpc) is 2.49. The zero-order chi connectivity index (χ0) is 14.1. The van der Waals surface area contributed by atoms with E-state index < -0.39 is 0 Å². The molecular formula is C15H19ClN4. The molecule has 0 N–H and O–H groups in total. The predicted molar refractivity (Wildman–Crippen MR) is 83.5 cm³/mol. The lowest BCUT2D eigenvalue weighted by Gasteiger charge is -2.39. The van der Waals surface area contributed by atoms with Crippen molar-refractivity contribution in [2.75, 3.05) is 31.6 Å². The molecule has 4 nitrogen and oxygen atoms in total. The number of anilines is 1. The van der Waals surface area contributed by atoms with Gasteiger partial charge in [0.2, 0.25) is 0 Å². The summed E-state index contributed by atoms with van der Waals surface area (Å²) < 4.78 is 0. The molecule has 0 bridgehead atoms. The van der Waals surface area contributed by atoms with Crippen LogP contribution in [-0.2, 0) is 0 Å². The van der Waals surface area contributed by atoms with Crippen LogP contribution in [-0.4, -0.2) is 47.8 Å². The molecule has 20 heavy (non-hydrogen) atoms. The van der Waals surface area contributed by atoms with Crippen molar-refractivity contribution in [2.45, 2.75) is 19.4 Å². The van der Waals surface area contributed by atoms with Gasteiger partial charge in [-0.25, -0.2) is 0 Å². The molecule has 1 aliphatic heterocycles. The van der Waals surface area contributed by atoms with Gasteiger partial charge in [0.15, 0.2) is 11.0 Å². The van der Waals surface area contributed by atoms with Crippen molar-refractivity contribution in [1.82, 2.24) is 15.1 Å². The summed E-state index contributed by atoms with van der Waals surface area (Å²) in [6.45, 7) is 5.26. The maximum absolute atomic E-state index is 6.15. The minimum atomic E-state index is 0.477. The molecule has 106 valence electrons. The second kappa shape index (κ2) is 5.54. The summed E-state index contributed by atoms with van der Waals surface area (Å²) in [5.41, 5.74) is 0. The molecule has 5 heteroatoms. The number of nitrogens with zero attached hydrogens (tertiary/aromatic N) is 4. The van der Waals surface area contributed by atoms with E-state index in [4.69, 9.17) is 11.6 Å². The number of benzene rings is 1. The van der Waals surface area contributed by atoms with Crippen LogP contribution in [0.5, 0.6) is 0 Å². The predicted octanol–water partition coefficient (Wildman–Crippen LogP) is 2.81. The maximum Gasteiger partial charge on any atom is 0.159 e. The van der Waals surface area contributed by atoms with Gasteiger partial charge in [-0.15, -0.1) is 10.2 Å². The number of hydrogen-bond donors (Lipinski definition) is 0. The molecule has 1 aromatic carbocycles. The van der Waals surface area contributed by atoms with Gasteiger partial charge in [0.1, 0.15) is 0 Å². The molecule has 1 aliphatic rings. The molecule has 1 atom stereocenters. The van der Waals surface area contributed by atoms with Crippen LogP contribution in [0.2, 0.25) is 5.15 Å². The van der Waals surface area contributed by atoms with E-state index in [1.54, 1.807) is 0 Å². The number of rotatable bonds is 2. The van der Waals surface area contributed by atoms with Crippen molar-refractivity contribution in [2.24, 2.45) is 0 Å². The van der Waals surface area contributed by atoms with Crippen LogP contribution < -0.4 is 4.90 Å². The van der Waals surface area contributed by atoms with Crippen LogP contribution in [0, 0.1) is 0 Å². The van der Waals surface area contributed by atoms with Crippen molar-refractivity contribution in [1.29, 1.82) is 0 Å². The molecule has 2 aromatic rings. The quantitative estimate of drug-likeness (QED) is 0.851. The van der Waals surface area contributed by atoms with E-state index in [-0.39, 0.29) is 0 Å². The van der Waals surface area contributed by atoms with Gasteiger partial charge in [-0.1, -0.05) is 42.8 Å². The Morgan fingerprint density at radius 2 is 1.95 bits per heavy atom. The van der Waals surface area contributed by atoms with E-state index >= 15 is 0 Å². The summed E-state index contributed by atoms with van der Waals surface area (Å²) in [5, 5.41) is 11.0. The molecule has 0 amide bonds. The summed E-state index contributed by atoms with van der Waals surface area (Å²) in [7, 11) is 2.19. The summed E-state index contributed by atoms with van der Waals surface area (Å²) in [4.78, 5) is 4.75. The topological polar surface area (TPSA) is 32.3 Å². The van der Waals surface area contributed by atoms with Gasteiger partial charge in [0.05, 0.1) is 0 Å². The highest BCUT2D eigenvalue weighted by atomic mass is 35.5. The fraction of sp³-hybridized carbons (Fsp3) is 0.467. The molecular weight excluding hydrogens is 272 g/mol. The Morgan fingerprint density at radius 1 is 1.20 bits per heavy atom. The van der Waals surface area contributed by atoms with Crippen LogP contribution in [0.1, 0.15) is 13.3 Å². The number of hydrogen-bond acceptors (Lipinski definition) is 4. The highest BCUT2D eigenvalue weighted by Gasteiger charge is 2.25. The van der Waals surface area contributed by atoms with E-state index in [1.165, 1.54) is 0 Å². The van der Waals surface area contributed by atoms with Gasteiger partial charge in [0.25, 0.3) is 0 Å². The molecule has 0 aliphatic carbocycles. The second-order valence-electron chi connectivity index (χ2n) is 5.35. The van der Waals surface area contributed by atoms with Crippen molar-refractivity contribution in [3.8, 4) is 0 Å². The van der Waals surface area contributed by atoms with Crippen LogP contribution in [0.3, 0.4) is 0 Å². The Hall–Kier alpha value is -1.39. The first-order chi connectivity index (χ1) is 9.70. The third-order valence-electron chi connectivity index (χ3n) is 4.17. The van der Waals surface area contributed by atoms with Crippen LogP contribution >= 0.6 is 11.6 Å². The molecule has 1 saturated heterocycles. The number of aromatic nitrogens is 2. The first-order valence-electron chi connectivity index (χ1n) is 7.06. The first-order valence-corrected chi connectivity index (χ1v) is 7.44. The highest BCUT2D eigenvalue weighted by molar-refractivity contribution is 6.34. The highest BCUT2D eigenvalue weighted by Crippen LogP contribution is 2.29. The Bertz CT molecular complexity index is 616. The maximum atomic E-state index is 6.15. The molecule has 0 radical (unpaired) electrons. The fourth-order valence-corrected chi connectivity index (χ4v) is 3.07. The van der Waals surface area contributed by atoms with Gasteiger partial charge < -0.3 is 4.90 Å². The standard InChI is InChI=1S/C15H19ClN4/c1-3-11-10-20(9-8-19(11)2)15-13-7-5-4-6-12(13)14(16)17-18-15/h4-7,11H,3,8-10H2,1-2H3. The molecule has 0 saturated carbocycles. The van der Waals surface area contributed by atoms with Gasteiger partial charge in [-0.3, -0.25) is 4.90 Å². The normalized spacial score (nSPS) is 20.6. The zero-order valence-electron chi connectivity index (χ0n) is 11.9. The molecule has 1 aromatic heterocycles. The van der Waals surface area contributed by atoms with Crippen LogP contribution in [0.25, 0.3) is 10.8 Å². The molecule has 1 fully saturated rings. The van der Waals surface area contributed by atoms with Gasteiger partial charge >= 0.3 is 0 Å². The zero-order valence-corrected chi connectivity index (χ0v) is 12.6. The van der Waals surface area contributed by atoms with Gasteiger partial charge in [-0.05, 0) is 13.5 Å². The third kappa shape index (κ3) is 2.34. The van der Waals surface area contributed by atoms with E-state index in [0.29, 0.717) is 11.2 Å². The largest absolute Gasteiger partial charge is 0.352 e. The van der Waals surface area contributed by atoms with Gasteiger partial charge in [-0.2, -0.15) is 0 Å². The van der Waals surface area contributed by atoms with E-state index in [2.05, 4.69) is 40.0 Å². The van der Waals surface area contributed by atoms with Gasteiger partial charge in [0, 0.05) is 36.4 Å². The summed E-state index contributed by atoms with van der Waals surface area (Å²) >= 11 is 6.15. The summed E-state index contributed by atoms with van der Waals surface area (Å²) in [6, 6.07) is 8.66. The fourth-order valence-electron chi connectivity index (χ4n) is 2.87. The van der Waals surface area contributed by atoms with E-state index in [1.807, 2.05) is 18.2 Å². The molecule has 1 unspecified atom stereocenters. The first kappa shape index (κ1) is 13.6. The monoisotopic (exact) mass is 290 g/mol. The van der Waals surface area contributed by atoms with Crippen LogP contribution in [0.15, 0.2) is 24.3 Å². The smallest absolute Gasteiger partial charge is 0.159 e. The van der Waals surface area contributed by atoms with Crippen molar-refractivity contribution in [3.63, 3.8) is 0 Å². The lowest BCUT2D eigenvalue weighted by Crippen LogP contribution is -2.51. The Morgan fingerprint density at radius 3 is 2.70 bits per heavy atom. The molecule has 3 rings (SSSR count). The second-order valence-corrected chi connectivity index (χ2v) is 5.71. The van der Waals surface area contributed by atoms with Crippen LogP contribution in [0.4, 0.5) is 5.82 Å². The number of fused-ring (bicyclic) bond motifs is 1. The third-order valence-corrected chi connectivity index (χ3v) is 4.45. The lowest BCUT2D eigenvalue weighted by atomic mass is 10.1. The van der Waals surface area contributed by atoms with Crippen molar-refractivity contribution in [3.05, 3.63) is 29.4 Å². The van der Waals surface area contributed by atoms with E-state index in [0.717, 1.165) is 42.6 Å². The summed E-state index contributed by atoms with van der Waals surface area (Å²) in [5.74, 6) is 0.955. The molecule has 0 spiro atoms. The number of halogens is 1. The lowest BCUT2D eigenvalue weighted by molar-refractivity contribution is 0.213. The number of piperazine rings is 1. The Labute approximate surface area is 124 Å². The summed E-state index contributed by atoms with van der Waals surface area (Å²) in [6.07, 6.45) is 1.14. The van der Waals surface area contributed by atoms with Crippen molar-refractivity contribution >= 4 is 28.2 Å². The van der Waals surface area contributed by atoms with E-state index in [9.17, 15) is 0 Å². The Kier molecular flexibility index (Phi) is 3.76. The molecule has 2 heterocycles. The Balaban J connectivity index is 2.00. The average molecular weight is 291 g/mol. The number of likely N-dealkylation sites (N-methyl/N-ethyl adjacent to an activating group) is 1.